The second-order valence-corrected chi connectivity index (χ2v) is 6.89. The molecule has 9 nitrogen and oxygen atoms in total. The van der Waals surface area contributed by atoms with Gasteiger partial charge in [0.1, 0.15) is 24.8 Å². The molecule has 0 unspecified atom stereocenters. The van der Waals surface area contributed by atoms with Gasteiger partial charge in [0.25, 0.3) is 0 Å². The second-order valence-electron chi connectivity index (χ2n) is 6.89. The molecule has 1 aromatic rings. The monoisotopic (exact) mass is 395 g/mol. The predicted octanol–water partition coefficient (Wildman–Crippen LogP) is 1.98. The van der Waals surface area contributed by atoms with Gasteiger partial charge >= 0.3 is 24.0 Å². The van der Waals surface area contributed by atoms with Crippen molar-refractivity contribution in [3.8, 4) is 0 Å². The van der Waals surface area contributed by atoms with Crippen LogP contribution in [0.2, 0.25) is 0 Å². The lowest BCUT2D eigenvalue weighted by Crippen LogP contribution is -2.50. The van der Waals surface area contributed by atoms with E-state index in [1.807, 2.05) is 6.07 Å². The standard InChI is InChI=1S/C19H25NO8/c1-19(2,3)28-18(25)20(14(10-15(21)22)17(24)26-4)11-16(23)27-12-13-8-6-5-7-9-13/h5-9,14H,10-12H2,1-4H3,(H,21,22)/t14-/m0/s1. The smallest absolute Gasteiger partial charge is 0.411 e. The third kappa shape index (κ3) is 8.07. The van der Waals surface area contributed by atoms with Crippen molar-refractivity contribution in [3.05, 3.63) is 35.9 Å². The number of hydrogen-bond donors (Lipinski definition) is 1. The molecule has 1 atom stereocenters. The van der Waals surface area contributed by atoms with Gasteiger partial charge in [-0.3, -0.25) is 14.5 Å². The van der Waals surface area contributed by atoms with Gasteiger partial charge in [-0.2, -0.15) is 0 Å². The van der Waals surface area contributed by atoms with Crippen LogP contribution in [-0.2, 0) is 35.2 Å². The van der Waals surface area contributed by atoms with Crippen LogP contribution in [0.15, 0.2) is 30.3 Å². The fourth-order valence-electron chi connectivity index (χ4n) is 2.17. The van der Waals surface area contributed by atoms with Crippen LogP contribution in [0.3, 0.4) is 0 Å². The maximum atomic E-state index is 12.5. The molecule has 0 fully saturated rings. The van der Waals surface area contributed by atoms with Crippen LogP contribution in [0.5, 0.6) is 0 Å². The molecule has 0 aliphatic heterocycles. The topological polar surface area (TPSA) is 119 Å². The summed E-state index contributed by atoms with van der Waals surface area (Å²) in [6, 6.07) is 7.32. The van der Waals surface area contributed by atoms with Crippen LogP contribution in [0.25, 0.3) is 0 Å². The summed E-state index contributed by atoms with van der Waals surface area (Å²) in [5.41, 5.74) is -0.192. The predicted molar refractivity (Wildman–Crippen MR) is 97.2 cm³/mol. The van der Waals surface area contributed by atoms with Gasteiger partial charge in [0, 0.05) is 0 Å². The van der Waals surface area contributed by atoms with Gasteiger partial charge in [-0.1, -0.05) is 30.3 Å². The fourth-order valence-corrected chi connectivity index (χ4v) is 2.17. The van der Waals surface area contributed by atoms with E-state index in [-0.39, 0.29) is 6.61 Å². The summed E-state index contributed by atoms with van der Waals surface area (Å²) in [6.07, 6.45) is -1.78. The SMILES string of the molecule is COC(=O)[C@H](CC(=O)O)N(CC(=O)OCc1ccccc1)C(=O)OC(C)(C)C. The third-order valence-corrected chi connectivity index (χ3v) is 3.39. The summed E-state index contributed by atoms with van der Waals surface area (Å²) in [4.78, 5) is 48.6. The Morgan fingerprint density at radius 1 is 1.11 bits per heavy atom. The van der Waals surface area contributed by atoms with Gasteiger partial charge in [0.2, 0.25) is 0 Å². The molecule has 1 aromatic carbocycles. The van der Waals surface area contributed by atoms with E-state index in [0.29, 0.717) is 4.90 Å². The first-order valence-electron chi connectivity index (χ1n) is 8.52. The minimum Gasteiger partial charge on any atom is -0.481 e. The zero-order valence-electron chi connectivity index (χ0n) is 16.3. The summed E-state index contributed by atoms with van der Waals surface area (Å²) >= 11 is 0. The molecule has 9 heteroatoms. The molecule has 0 saturated heterocycles. The highest BCUT2D eigenvalue weighted by Gasteiger charge is 2.37. The molecule has 0 bridgehead atoms. The van der Waals surface area contributed by atoms with Crippen molar-refractivity contribution in [2.75, 3.05) is 13.7 Å². The Kier molecular flexibility index (Phi) is 8.43. The molecule has 0 spiro atoms. The lowest BCUT2D eigenvalue weighted by molar-refractivity contribution is -0.155. The van der Waals surface area contributed by atoms with Crippen LogP contribution in [0, 0.1) is 0 Å². The van der Waals surface area contributed by atoms with E-state index >= 15 is 0 Å². The number of methoxy groups -OCH3 is 1. The molecule has 0 aliphatic carbocycles. The molecule has 0 heterocycles. The largest absolute Gasteiger partial charge is 0.481 e. The highest BCUT2D eigenvalue weighted by molar-refractivity contribution is 5.88. The highest BCUT2D eigenvalue weighted by Crippen LogP contribution is 2.15. The van der Waals surface area contributed by atoms with Gasteiger partial charge in [-0.15, -0.1) is 0 Å². The van der Waals surface area contributed by atoms with Crippen molar-refractivity contribution in [1.82, 2.24) is 4.90 Å². The number of aliphatic carboxylic acids is 1. The van der Waals surface area contributed by atoms with Crippen LogP contribution in [0.1, 0.15) is 32.8 Å². The van der Waals surface area contributed by atoms with Crippen molar-refractivity contribution in [1.29, 1.82) is 0 Å². The number of carboxylic acid groups (broad SMARTS) is 1. The number of carboxylic acids is 1. The van der Waals surface area contributed by atoms with Gasteiger partial charge in [-0.25, -0.2) is 9.59 Å². The molecule has 0 radical (unpaired) electrons. The number of hydrogen-bond acceptors (Lipinski definition) is 7. The molecule has 0 aromatic heterocycles. The van der Waals surface area contributed by atoms with E-state index < -0.39 is 48.6 Å². The van der Waals surface area contributed by atoms with Crippen LogP contribution in [-0.4, -0.2) is 59.3 Å². The average Bonchev–Trinajstić information content (AvgIpc) is 2.61. The van der Waals surface area contributed by atoms with E-state index in [2.05, 4.69) is 4.74 Å². The third-order valence-electron chi connectivity index (χ3n) is 3.39. The number of carbonyl (C=O) groups is 4. The summed E-state index contributed by atoms with van der Waals surface area (Å²) < 4.78 is 14.9. The van der Waals surface area contributed by atoms with Gasteiger partial charge < -0.3 is 19.3 Å². The van der Waals surface area contributed by atoms with E-state index in [4.69, 9.17) is 14.6 Å². The van der Waals surface area contributed by atoms with Crippen molar-refractivity contribution >= 4 is 24.0 Å². The molecule has 0 aliphatic rings. The first-order chi connectivity index (χ1) is 13.0. The number of nitrogens with zero attached hydrogens (tertiary/aromatic N) is 1. The number of amides is 1. The fraction of sp³-hybridized carbons (Fsp3) is 0.474. The molecule has 1 N–H and O–H groups in total. The average molecular weight is 395 g/mol. The zero-order valence-corrected chi connectivity index (χ0v) is 16.3. The highest BCUT2D eigenvalue weighted by atomic mass is 16.6. The molecular formula is C19H25NO8. The first-order valence-corrected chi connectivity index (χ1v) is 8.52. The van der Waals surface area contributed by atoms with Gasteiger partial charge in [0.05, 0.1) is 13.5 Å². The number of rotatable bonds is 8. The Morgan fingerprint density at radius 2 is 1.71 bits per heavy atom. The summed E-state index contributed by atoms with van der Waals surface area (Å²) in [5, 5.41) is 9.07. The molecule has 154 valence electrons. The number of esters is 2. The Bertz CT molecular complexity index is 696. The Balaban J connectivity index is 2.97. The van der Waals surface area contributed by atoms with Crippen LogP contribution >= 0.6 is 0 Å². The van der Waals surface area contributed by atoms with E-state index in [0.717, 1.165) is 12.7 Å². The zero-order chi connectivity index (χ0) is 21.3. The molecule has 28 heavy (non-hydrogen) atoms. The lowest BCUT2D eigenvalue weighted by Gasteiger charge is -2.30. The Hall–Kier alpha value is -3.10. The molecule has 0 saturated carbocycles. The molecular weight excluding hydrogens is 370 g/mol. The van der Waals surface area contributed by atoms with Crippen molar-refractivity contribution in [2.45, 2.75) is 45.4 Å². The Labute approximate surface area is 163 Å². The molecule has 1 amide bonds. The summed E-state index contributed by atoms with van der Waals surface area (Å²) in [5.74, 6) is -3.15. The first kappa shape index (κ1) is 22.9. The van der Waals surface area contributed by atoms with Crippen molar-refractivity contribution in [3.63, 3.8) is 0 Å². The van der Waals surface area contributed by atoms with Crippen LogP contribution < -0.4 is 0 Å². The van der Waals surface area contributed by atoms with Gasteiger partial charge in [0.15, 0.2) is 0 Å². The number of ether oxygens (including phenoxy) is 3. The second kappa shape index (κ2) is 10.3. The van der Waals surface area contributed by atoms with E-state index in [1.54, 1.807) is 45.0 Å². The quantitative estimate of drug-likeness (QED) is 0.524. The van der Waals surface area contributed by atoms with Gasteiger partial charge in [-0.05, 0) is 26.3 Å². The minimum absolute atomic E-state index is 0.0380. The van der Waals surface area contributed by atoms with E-state index in [1.165, 1.54) is 0 Å². The Morgan fingerprint density at radius 3 is 2.21 bits per heavy atom. The summed E-state index contributed by atoms with van der Waals surface area (Å²) in [6.45, 7) is 4.09. The maximum absolute atomic E-state index is 12.5. The lowest BCUT2D eigenvalue weighted by atomic mass is 10.1. The van der Waals surface area contributed by atoms with Crippen molar-refractivity contribution in [2.24, 2.45) is 0 Å². The number of carbonyl (C=O) groups excluding carboxylic acids is 3. The van der Waals surface area contributed by atoms with Crippen molar-refractivity contribution < 1.29 is 38.5 Å². The normalized spacial score (nSPS) is 11.9. The van der Waals surface area contributed by atoms with E-state index in [9.17, 15) is 19.2 Å². The minimum atomic E-state index is -1.54. The maximum Gasteiger partial charge on any atom is 0.411 e. The molecule has 1 rings (SSSR count). The van der Waals surface area contributed by atoms with Crippen LogP contribution in [0.4, 0.5) is 4.79 Å². The number of benzene rings is 1. The summed E-state index contributed by atoms with van der Waals surface area (Å²) in [7, 11) is 1.05.